The number of nitrogens with one attached hydrogen (secondary N) is 1. The molecule has 3 heterocycles. The van der Waals surface area contributed by atoms with Crippen molar-refractivity contribution >= 4 is 33.1 Å². The van der Waals surface area contributed by atoms with Crippen LogP contribution in [0.2, 0.25) is 0 Å². The van der Waals surface area contributed by atoms with Gasteiger partial charge in [0.1, 0.15) is 5.01 Å². The van der Waals surface area contributed by atoms with Crippen LogP contribution in [0.15, 0.2) is 69.8 Å². The number of hydrogen-bond acceptors (Lipinski definition) is 7. The number of thiazole rings is 1. The molecule has 0 saturated heterocycles. The Balaban J connectivity index is 1.19. The molecule has 0 unspecified atom stereocenters. The summed E-state index contributed by atoms with van der Waals surface area (Å²) in [5.74, 6) is 1.17. The van der Waals surface area contributed by atoms with E-state index in [1.807, 2.05) is 30.3 Å². The Morgan fingerprint density at radius 2 is 1.97 bits per heavy atom. The summed E-state index contributed by atoms with van der Waals surface area (Å²) in [7, 11) is 0. The Morgan fingerprint density at radius 1 is 1.10 bits per heavy atom. The van der Waals surface area contributed by atoms with Gasteiger partial charge in [0.25, 0.3) is 0 Å². The smallest absolute Gasteiger partial charge is 0.238 e. The molecule has 0 bridgehead atoms. The van der Waals surface area contributed by atoms with Gasteiger partial charge < -0.3 is 14.3 Å². The molecule has 3 aromatic heterocycles. The van der Waals surface area contributed by atoms with E-state index < -0.39 is 0 Å². The zero-order valence-electron chi connectivity index (χ0n) is 16.7. The molecule has 0 aliphatic rings. The Hall–Kier alpha value is -3.78. The molecule has 0 saturated carbocycles. The molecule has 2 aromatic carbocycles. The highest BCUT2D eigenvalue weighted by Gasteiger charge is 2.13. The first-order chi connectivity index (χ1) is 15.1. The maximum Gasteiger partial charge on any atom is 0.238 e. The highest BCUT2D eigenvalue weighted by Crippen LogP contribution is 2.31. The number of fused-ring (bicyclic) bond motifs is 1. The van der Waals surface area contributed by atoms with Crippen molar-refractivity contribution in [3.8, 4) is 22.2 Å². The molecule has 8 heteroatoms. The number of benzene rings is 2. The number of rotatable bonds is 6. The molecule has 31 heavy (non-hydrogen) atoms. The van der Waals surface area contributed by atoms with Gasteiger partial charge in [0, 0.05) is 24.1 Å². The molecule has 1 amide bonds. The van der Waals surface area contributed by atoms with E-state index in [0.29, 0.717) is 23.9 Å². The molecule has 0 radical (unpaired) electrons. The lowest BCUT2D eigenvalue weighted by Crippen LogP contribution is -2.12. The Bertz CT molecular complexity index is 1340. The van der Waals surface area contributed by atoms with Gasteiger partial charge in [-0.2, -0.15) is 4.98 Å². The summed E-state index contributed by atoms with van der Waals surface area (Å²) in [5.41, 5.74) is 3.97. The van der Waals surface area contributed by atoms with Gasteiger partial charge in [-0.3, -0.25) is 4.79 Å². The Kier molecular flexibility index (Phi) is 5.05. The average molecular weight is 430 g/mol. The number of amides is 1. The summed E-state index contributed by atoms with van der Waals surface area (Å²) >= 11 is 1.66. The van der Waals surface area contributed by atoms with Crippen molar-refractivity contribution in [1.82, 2.24) is 15.1 Å². The lowest BCUT2D eigenvalue weighted by molar-refractivity contribution is -0.116. The van der Waals surface area contributed by atoms with Crippen molar-refractivity contribution in [2.45, 2.75) is 19.8 Å². The first-order valence-corrected chi connectivity index (χ1v) is 10.6. The van der Waals surface area contributed by atoms with Crippen LogP contribution in [-0.2, 0) is 11.2 Å². The van der Waals surface area contributed by atoms with Gasteiger partial charge in [-0.15, -0.1) is 11.3 Å². The molecular weight excluding hydrogens is 412 g/mol. The molecule has 5 rings (SSSR count). The van der Waals surface area contributed by atoms with Crippen LogP contribution < -0.4 is 5.32 Å². The summed E-state index contributed by atoms with van der Waals surface area (Å²) in [5, 5.41) is 7.72. The number of aromatic nitrogens is 3. The van der Waals surface area contributed by atoms with Crippen molar-refractivity contribution in [2.24, 2.45) is 0 Å². The fraction of sp³-hybridized carbons (Fsp3) is 0.130. The predicted molar refractivity (Wildman–Crippen MR) is 119 cm³/mol. The third-order valence-electron chi connectivity index (χ3n) is 4.74. The van der Waals surface area contributed by atoms with Crippen molar-refractivity contribution < 1.29 is 13.7 Å². The van der Waals surface area contributed by atoms with Gasteiger partial charge in [-0.1, -0.05) is 11.2 Å². The second-order valence-electron chi connectivity index (χ2n) is 7.10. The number of carbonyl (C=O) groups excluding carboxylic acids is 1. The van der Waals surface area contributed by atoms with Crippen LogP contribution in [0.1, 0.15) is 17.9 Å². The van der Waals surface area contributed by atoms with Gasteiger partial charge in [0.15, 0.2) is 5.76 Å². The zero-order valence-corrected chi connectivity index (χ0v) is 17.5. The molecule has 0 aliphatic heterocycles. The SMILES string of the molecule is Cc1ccc2nc(-c3ccc(NC(=O)CCc4nc(-c5ccco5)no4)cc3)sc2c1. The molecule has 0 aliphatic carbocycles. The van der Waals surface area contributed by atoms with Gasteiger partial charge in [0.05, 0.1) is 16.5 Å². The third-order valence-corrected chi connectivity index (χ3v) is 5.80. The fourth-order valence-electron chi connectivity index (χ4n) is 3.16. The van der Waals surface area contributed by atoms with E-state index >= 15 is 0 Å². The number of anilines is 1. The molecule has 0 spiro atoms. The normalized spacial score (nSPS) is 11.1. The standard InChI is InChI=1S/C23H18N4O3S/c1-14-4-9-17-19(13-14)31-23(25-17)15-5-7-16(8-6-15)24-20(28)10-11-21-26-22(27-30-21)18-3-2-12-29-18/h2-9,12-13H,10-11H2,1H3,(H,24,28). The van der Waals surface area contributed by atoms with E-state index in [1.54, 1.807) is 29.7 Å². The largest absolute Gasteiger partial charge is 0.461 e. The van der Waals surface area contributed by atoms with E-state index in [4.69, 9.17) is 13.9 Å². The predicted octanol–water partition coefficient (Wildman–Crippen LogP) is 5.49. The van der Waals surface area contributed by atoms with Crippen LogP contribution in [0.4, 0.5) is 5.69 Å². The number of nitrogens with zero attached hydrogens (tertiary/aromatic N) is 3. The van der Waals surface area contributed by atoms with Crippen molar-refractivity contribution in [3.05, 3.63) is 72.3 Å². The van der Waals surface area contributed by atoms with Gasteiger partial charge in [0.2, 0.25) is 17.6 Å². The first kappa shape index (κ1) is 19.2. The maximum atomic E-state index is 12.3. The highest BCUT2D eigenvalue weighted by molar-refractivity contribution is 7.21. The summed E-state index contributed by atoms with van der Waals surface area (Å²) in [4.78, 5) is 21.2. The maximum absolute atomic E-state index is 12.3. The number of furan rings is 1. The van der Waals surface area contributed by atoms with Crippen LogP contribution in [0.3, 0.4) is 0 Å². The van der Waals surface area contributed by atoms with E-state index in [9.17, 15) is 4.79 Å². The van der Waals surface area contributed by atoms with Gasteiger partial charge in [-0.05, 0) is 61.0 Å². The molecule has 7 nitrogen and oxygen atoms in total. The van der Waals surface area contributed by atoms with Crippen molar-refractivity contribution in [2.75, 3.05) is 5.32 Å². The summed E-state index contributed by atoms with van der Waals surface area (Å²) in [6, 6.07) is 17.4. The molecule has 154 valence electrons. The van der Waals surface area contributed by atoms with Gasteiger partial charge in [-0.25, -0.2) is 4.98 Å². The zero-order chi connectivity index (χ0) is 21.2. The summed E-state index contributed by atoms with van der Waals surface area (Å²) in [6.45, 7) is 2.08. The molecule has 5 aromatic rings. The summed E-state index contributed by atoms with van der Waals surface area (Å²) < 4.78 is 11.6. The van der Waals surface area contributed by atoms with E-state index in [-0.39, 0.29) is 12.3 Å². The minimum absolute atomic E-state index is 0.124. The molecule has 0 fully saturated rings. The monoisotopic (exact) mass is 430 g/mol. The number of carbonyl (C=O) groups is 1. The minimum atomic E-state index is -0.124. The lowest BCUT2D eigenvalue weighted by atomic mass is 10.2. The van der Waals surface area contributed by atoms with Crippen molar-refractivity contribution in [3.63, 3.8) is 0 Å². The number of aryl methyl sites for hydroxylation is 2. The topological polar surface area (TPSA) is 94.1 Å². The van der Waals surface area contributed by atoms with Crippen LogP contribution in [0.25, 0.3) is 32.4 Å². The number of hydrogen-bond donors (Lipinski definition) is 1. The van der Waals surface area contributed by atoms with Crippen LogP contribution >= 0.6 is 11.3 Å². The second kappa shape index (κ2) is 8.16. The van der Waals surface area contributed by atoms with Crippen LogP contribution in [-0.4, -0.2) is 21.0 Å². The molecule has 0 atom stereocenters. The Morgan fingerprint density at radius 3 is 2.77 bits per heavy atom. The lowest BCUT2D eigenvalue weighted by Gasteiger charge is -2.05. The average Bonchev–Trinajstić information content (AvgIpc) is 3.52. The van der Waals surface area contributed by atoms with Crippen molar-refractivity contribution in [1.29, 1.82) is 0 Å². The quantitative estimate of drug-likeness (QED) is 0.383. The molecule has 1 N–H and O–H groups in total. The van der Waals surface area contributed by atoms with E-state index in [2.05, 4.69) is 34.5 Å². The fourth-order valence-corrected chi connectivity index (χ4v) is 4.23. The third kappa shape index (κ3) is 4.24. The first-order valence-electron chi connectivity index (χ1n) is 9.78. The van der Waals surface area contributed by atoms with Gasteiger partial charge >= 0.3 is 0 Å². The minimum Gasteiger partial charge on any atom is -0.461 e. The summed E-state index contributed by atoms with van der Waals surface area (Å²) in [6.07, 6.45) is 2.13. The van der Waals surface area contributed by atoms with E-state index in [1.165, 1.54) is 10.3 Å². The second-order valence-corrected chi connectivity index (χ2v) is 8.14. The van der Waals surface area contributed by atoms with Crippen LogP contribution in [0.5, 0.6) is 0 Å². The van der Waals surface area contributed by atoms with E-state index in [0.717, 1.165) is 21.8 Å². The Labute approximate surface area is 181 Å². The molecular formula is C23H18N4O3S. The highest BCUT2D eigenvalue weighted by atomic mass is 32.1. The van der Waals surface area contributed by atoms with Crippen LogP contribution in [0, 0.1) is 6.92 Å².